The second-order valence-corrected chi connectivity index (χ2v) is 7.49. The molecule has 0 aliphatic heterocycles. The highest BCUT2D eigenvalue weighted by molar-refractivity contribution is 9.10. The lowest BCUT2D eigenvalue weighted by Gasteiger charge is -2.40. The molecule has 2 rings (SSSR count). The van der Waals surface area contributed by atoms with Gasteiger partial charge in [-0.15, -0.1) is 0 Å². The normalized spacial score (nSPS) is 18.7. The fourth-order valence-electron chi connectivity index (χ4n) is 1.84. The molecule has 1 fully saturated rings. The van der Waals surface area contributed by atoms with E-state index in [1.165, 1.54) is 0 Å². The van der Waals surface area contributed by atoms with Gasteiger partial charge in [0.05, 0.1) is 4.90 Å². The van der Waals surface area contributed by atoms with Crippen LogP contribution in [0.15, 0.2) is 33.6 Å². The second kappa shape index (κ2) is 4.99. The molecule has 0 aromatic heterocycles. The van der Waals surface area contributed by atoms with E-state index in [1.807, 2.05) is 6.07 Å². The van der Waals surface area contributed by atoms with Gasteiger partial charge in [0.2, 0.25) is 10.0 Å². The van der Waals surface area contributed by atoms with Crippen LogP contribution in [0.5, 0.6) is 0 Å². The minimum Gasteiger partial charge on any atom is -0.207 e. The summed E-state index contributed by atoms with van der Waals surface area (Å²) >= 11 is 6.67. The van der Waals surface area contributed by atoms with E-state index in [2.05, 4.69) is 36.6 Å². The van der Waals surface area contributed by atoms with Gasteiger partial charge < -0.3 is 0 Å². The van der Waals surface area contributed by atoms with Crippen LogP contribution in [0.4, 0.5) is 0 Å². The standard InChI is InChI=1S/C11H13Br2NO2S/c12-8-11(5-2-6-11)14-17(15,16)10-4-1-3-9(13)7-10/h1,3-4,7,14H,2,5-6,8H2. The lowest BCUT2D eigenvalue weighted by Crippen LogP contribution is -2.54. The lowest BCUT2D eigenvalue weighted by atomic mass is 9.80. The molecule has 0 bridgehead atoms. The molecule has 0 heterocycles. The zero-order valence-electron chi connectivity index (χ0n) is 9.12. The minimum absolute atomic E-state index is 0.291. The molecule has 1 aliphatic rings. The van der Waals surface area contributed by atoms with Gasteiger partial charge in [-0.1, -0.05) is 37.9 Å². The summed E-state index contributed by atoms with van der Waals surface area (Å²) in [5, 5.41) is 0.660. The third-order valence-electron chi connectivity index (χ3n) is 3.02. The van der Waals surface area contributed by atoms with Crippen LogP contribution in [0.25, 0.3) is 0 Å². The van der Waals surface area contributed by atoms with Crippen LogP contribution >= 0.6 is 31.9 Å². The van der Waals surface area contributed by atoms with Gasteiger partial charge in [-0.2, -0.15) is 0 Å². The van der Waals surface area contributed by atoms with Crippen LogP contribution in [-0.2, 0) is 10.0 Å². The molecule has 17 heavy (non-hydrogen) atoms. The summed E-state index contributed by atoms with van der Waals surface area (Å²) < 4.78 is 28.0. The molecule has 0 saturated heterocycles. The Kier molecular flexibility index (Phi) is 3.97. The molecule has 1 saturated carbocycles. The van der Waals surface area contributed by atoms with Crippen LogP contribution in [0.1, 0.15) is 19.3 Å². The summed E-state index contributed by atoms with van der Waals surface area (Å²) in [6.45, 7) is 0. The first kappa shape index (κ1) is 13.5. The van der Waals surface area contributed by atoms with E-state index in [0.717, 1.165) is 23.7 Å². The van der Waals surface area contributed by atoms with Crippen molar-refractivity contribution in [2.24, 2.45) is 0 Å². The topological polar surface area (TPSA) is 46.2 Å². The maximum atomic E-state index is 12.2. The van der Waals surface area contributed by atoms with Crippen LogP contribution < -0.4 is 4.72 Å². The Bertz CT molecular complexity index is 506. The molecular formula is C11H13Br2NO2S. The average Bonchev–Trinajstić information content (AvgIpc) is 2.24. The van der Waals surface area contributed by atoms with Gasteiger partial charge in [-0.25, -0.2) is 13.1 Å². The molecule has 3 nitrogen and oxygen atoms in total. The summed E-state index contributed by atoms with van der Waals surface area (Å²) in [6, 6.07) is 6.75. The average molecular weight is 383 g/mol. The monoisotopic (exact) mass is 381 g/mol. The summed E-state index contributed by atoms with van der Waals surface area (Å²) in [5.74, 6) is 0. The van der Waals surface area contributed by atoms with Crippen LogP contribution in [-0.4, -0.2) is 19.3 Å². The van der Waals surface area contributed by atoms with E-state index in [9.17, 15) is 8.42 Å². The van der Waals surface area contributed by atoms with Crippen molar-refractivity contribution in [3.05, 3.63) is 28.7 Å². The predicted molar refractivity (Wildman–Crippen MR) is 74.8 cm³/mol. The molecule has 1 aromatic carbocycles. The summed E-state index contributed by atoms with van der Waals surface area (Å²) in [7, 11) is -3.42. The highest BCUT2D eigenvalue weighted by Crippen LogP contribution is 2.35. The second-order valence-electron chi connectivity index (χ2n) is 4.33. The van der Waals surface area contributed by atoms with E-state index in [0.29, 0.717) is 10.2 Å². The summed E-state index contributed by atoms with van der Waals surface area (Å²) in [6.07, 6.45) is 2.86. The first-order valence-corrected chi connectivity index (χ1v) is 8.73. The number of hydrogen-bond acceptors (Lipinski definition) is 2. The summed E-state index contributed by atoms with van der Waals surface area (Å²) in [4.78, 5) is 0.305. The molecule has 0 spiro atoms. The number of halogens is 2. The first-order chi connectivity index (χ1) is 7.97. The van der Waals surface area contributed by atoms with Crippen molar-refractivity contribution < 1.29 is 8.42 Å². The Labute approximate surface area is 118 Å². The van der Waals surface area contributed by atoms with Gasteiger partial charge in [0.15, 0.2) is 0 Å². The Morgan fingerprint density at radius 1 is 1.35 bits per heavy atom. The quantitative estimate of drug-likeness (QED) is 0.813. The molecule has 0 radical (unpaired) electrons. The number of alkyl halides is 1. The largest absolute Gasteiger partial charge is 0.241 e. The molecule has 0 unspecified atom stereocenters. The van der Waals surface area contributed by atoms with Gasteiger partial charge in [0.25, 0.3) is 0 Å². The number of nitrogens with one attached hydrogen (secondary N) is 1. The molecule has 1 N–H and O–H groups in total. The number of sulfonamides is 1. The third-order valence-corrected chi connectivity index (χ3v) is 6.17. The zero-order chi connectivity index (χ0) is 12.5. The van der Waals surface area contributed by atoms with E-state index >= 15 is 0 Å². The highest BCUT2D eigenvalue weighted by atomic mass is 79.9. The first-order valence-electron chi connectivity index (χ1n) is 5.33. The van der Waals surface area contributed by atoms with Crippen molar-refractivity contribution in [2.45, 2.75) is 29.7 Å². The van der Waals surface area contributed by atoms with Crippen molar-refractivity contribution >= 4 is 41.9 Å². The molecule has 6 heteroatoms. The molecule has 1 aliphatic carbocycles. The molecule has 1 aromatic rings. The number of hydrogen-bond donors (Lipinski definition) is 1. The van der Waals surface area contributed by atoms with E-state index in [1.54, 1.807) is 18.2 Å². The van der Waals surface area contributed by atoms with E-state index < -0.39 is 10.0 Å². The maximum absolute atomic E-state index is 12.2. The van der Waals surface area contributed by atoms with Gasteiger partial charge in [-0.3, -0.25) is 0 Å². The van der Waals surface area contributed by atoms with Gasteiger partial charge in [-0.05, 0) is 37.5 Å². The van der Waals surface area contributed by atoms with Crippen molar-refractivity contribution in [1.29, 1.82) is 0 Å². The summed E-state index contributed by atoms with van der Waals surface area (Å²) in [5.41, 5.74) is -0.291. The maximum Gasteiger partial charge on any atom is 0.241 e. The predicted octanol–water partition coefficient (Wildman–Crippen LogP) is 3.05. The SMILES string of the molecule is O=S(=O)(NC1(CBr)CCC1)c1cccc(Br)c1. The Morgan fingerprint density at radius 3 is 2.53 bits per heavy atom. The van der Waals surface area contributed by atoms with Crippen molar-refractivity contribution in [2.75, 3.05) is 5.33 Å². The van der Waals surface area contributed by atoms with Crippen LogP contribution in [0.2, 0.25) is 0 Å². The van der Waals surface area contributed by atoms with Crippen molar-refractivity contribution in [3.63, 3.8) is 0 Å². The highest BCUT2D eigenvalue weighted by Gasteiger charge is 2.39. The van der Waals surface area contributed by atoms with Gasteiger partial charge in [0.1, 0.15) is 0 Å². The fraction of sp³-hybridized carbons (Fsp3) is 0.455. The van der Waals surface area contributed by atoms with E-state index in [-0.39, 0.29) is 5.54 Å². The van der Waals surface area contributed by atoms with Crippen LogP contribution in [0, 0.1) is 0 Å². The molecule has 0 amide bonds. The smallest absolute Gasteiger partial charge is 0.207 e. The van der Waals surface area contributed by atoms with Crippen molar-refractivity contribution in [3.8, 4) is 0 Å². The van der Waals surface area contributed by atoms with Crippen molar-refractivity contribution in [1.82, 2.24) is 4.72 Å². The Morgan fingerprint density at radius 2 is 2.06 bits per heavy atom. The molecule has 0 atom stereocenters. The lowest BCUT2D eigenvalue weighted by molar-refractivity contribution is 0.256. The third kappa shape index (κ3) is 2.92. The van der Waals surface area contributed by atoms with E-state index in [4.69, 9.17) is 0 Å². The van der Waals surface area contributed by atoms with Gasteiger partial charge in [0, 0.05) is 15.3 Å². The number of rotatable bonds is 4. The van der Waals surface area contributed by atoms with Gasteiger partial charge >= 0.3 is 0 Å². The fourth-order valence-corrected chi connectivity index (χ4v) is 4.79. The molecule has 94 valence electrons. The zero-order valence-corrected chi connectivity index (χ0v) is 13.1. The van der Waals surface area contributed by atoms with Crippen LogP contribution in [0.3, 0.4) is 0 Å². The Balaban J connectivity index is 2.25. The number of benzene rings is 1. The Hall–Kier alpha value is 0.0900. The molecular weight excluding hydrogens is 370 g/mol. The minimum atomic E-state index is -3.42.